The van der Waals surface area contributed by atoms with Crippen LogP contribution in [0.25, 0.3) is 0 Å². The molecule has 1 amide bonds. The Kier molecular flexibility index (Phi) is 3.93. The number of carbonyl (C=O) groups excluding carboxylic acids is 1. The number of non-ortho nitro benzene ring substituents is 1. The average molecular weight is 289 g/mol. The van der Waals surface area contributed by atoms with Gasteiger partial charge in [-0.1, -0.05) is 0 Å². The fourth-order valence-corrected chi connectivity index (χ4v) is 1.65. The predicted molar refractivity (Wildman–Crippen MR) is 75.5 cm³/mol. The largest absolute Gasteiger partial charge is 0.387 e. The number of hydrogen-bond acceptors (Lipinski definition) is 6. The van der Waals surface area contributed by atoms with Crippen molar-refractivity contribution in [2.45, 2.75) is 0 Å². The van der Waals surface area contributed by atoms with E-state index in [-0.39, 0.29) is 17.1 Å². The van der Waals surface area contributed by atoms with Gasteiger partial charge in [0.25, 0.3) is 17.2 Å². The van der Waals surface area contributed by atoms with E-state index in [0.29, 0.717) is 5.69 Å². The lowest BCUT2D eigenvalue weighted by Crippen LogP contribution is -2.17. The number of benzene rings is 1. The molecule has 3 N–H and O–H groups in total. The van der Waals surface area contributed by atoms with Crippen molar-refractivity contribution in [3.8, 4) is 0 Å². The normalized spacial score (nSPS) is 9.95. The topological polar surface area (TPSA) is 130 Å². The minimum atomic E-state index is -0.589. The molecule has 9 nitrogen and oxygen atoms in total. The van der Waals surface area contributed by atoms with Gasteiger partial charge in [-0.15, -0.1) is 0 Å². The van der Waals surface area contributed by atoms with Crippen molar-refractivity contribution in [2.75, 3.05) is 17.7 Å². The molecule has 0 saturated carbocycles. The molecule has 0 radical (unpaired) electrons. The molecule has 0 saturated heterocycles. The van der Waals surface area contributed by atoms with Gasteiger partial charge in [0.05, 0.1) is 10.5 Å². The van der Waals surface area contributed by atoms with E-state index in [9.17, 15) is 19.7 Å². The van der Waals surface area contributed by atoms with E-state index in [1.54, 1.807) is 7.05 Å². The fourth-order valence-electron chi connectivity index (χ4n) is 1.65. The number of amides is 1. The van der Waals surface area contributed by atoms with Crippen molar-refractivity contribution in [1.82, 2.24) is 10.2 Å². The van der Waals surface area contributed by atoms with E-state index >= 15 is 0 Å². The molecular weight excluding hydrogens is 278 g/mol. The van der Waals surface area contributed by atoms with Crippen molar-refractivity contribution in [2.24, 2.45) is 0 Å². The molecule has 0 unspecified atom stereocenters. The van der Waals surface area contributed by atoms with Gasteiger partial charge in [0.1, 0.15) is 0 Å². The molecule has 0 fully saturated rings. The van der Waals surface area contributed by atoms with Crippen molar-refractivity contribution >= 4 is 23.1 Å². The van der Waals surface area contributed by atoms with Crippen LogP contribution in [-0.2, 0) is 0 Å². The summed E-state index contributed by atoms with van der Waals surface area (Å²) < 4.78 is 0. The Balaban J connectivity index is 2.32. The summed E-state index contributed by atoms with van der Waals surface area (Å²) in [5.41, 5.74) is -0.0740. The van der Waals surface area contributed by atoms with Gasteiger partial charge in [-0.25, -0.2) is 5.10 Å². The van der Waals surface area contributed by atoms with E-state index in [4.69, 9.17) is 0 Å². The number of aromatic amines is 1. The maximum atomic E-state index is 12.1. The summed E-state index contributed by atoms with van der Waals surface area (Å²) in [5, 5.41) is 21.8. The van der Waals surface area contributed by atoms with Crippen LogP contribution in [0.1, 0.15) is 10.4 Å². The second-order valence-electron chi connectivity index (χ2n) is 4.00. The molecule has 2 aromatic rings. The summed E-state index contributed by atoms with van der Waals surface area (Å²) in [4.78, 5) is 33.2. The number of nitro groups is 1. The molecule has 0 atom stereocenters. The standard InChI is InChI=1S/C12H11N5O4/c1-13-9-3-2-7(17(20)21)6-8(9)12(19)14-10-4-5-11(18)16-15-10/h2-6,13H,1H3,(H,16,18)(H,14,15,19). The van der Waals surface area contributed by atoms with Gasteiger partial charge in [0.2, 0.25) is 0 Å². The summed E-state index contributed by atoms with van der Waals surface area (Å²) >= 11 is 0. The van der Waals surface area contributed by atoms with Gasteiger partial charge in [-0.3, -0.25) is 19.7 Å². The van der Waals surface area contributed by atoms with E-state index < -0.39 is 16.4 Å². The smallest absolute Gasteiger partial charge is 0.270 e. The Morgan fingerprint density at radius 2 is 2.10 bits per heavy atom. The Morgan fingerprint density at radius 3 is 2.67 bits per heavy atom. The maximum absolute atomic E-state index is 12.1. The van der Waals surface area contributed by atoms with Crippen LogP contribution in [-0.4, -0.2) is 28.1 Å². The summed E-state index contributed by atoms with van der Waals surface area (Å²) in [6.07, 6.45) is 0. The zero-order chi connectivity index (χ0) is 15.4. The van der Waals surface area contributed by atoms with Gasteiger partial charge in [-0.2, -0.15) is 5.10 Å². The highest BCUT2D eigenvalue weighted by Crippen LogP contribution is 2.22. The summed E-state index contributed by atoms with van der Waals surface area (Å²) in [7, 11) is 1.59. The minimum Gasteiger partial charge on any atom is -0.387 e. The number of nitrogens with zero attached hydrogens (tertiary/aromatic N) is 2. The van der Waals surface area contributed by atoms with Crippen LogP contribution in [0.3, 0.4) is 0 Å². The van der Waals surface area contributed by atoms with Gasteiger partial charge < -0.3 is 10.6 Å². The fraction of sp³-hybridized carbons (Fsp3) is 0.0833. The van der Waals surface area contributed by atoms with Gasteiger partial charge in [0, 0.05) is 30.9 Å². The lowest BCUT2D eigenvalue weighted by atomic mass is 10.1. The molecule has 108 valence electrons. The van der Waals surface area contributed by atoms with Gasteiger partial charge >= 0.3 is 0 Å². The van der Waals surface area contributed by atoms with Crippen LogP contribution in [0.15, 0.2) is 35.1 Å². The Labute approximate surface area is 118 Å². The molecule has 1 aromatic carbocycles. The molecule has 0 spiro atoms. The second-order valence-corrected chi connectivity index (χ2v) is 4.00. The van der Waals surface area contributed by atoms with E-state index in [1.807, 2.05) is 0 Å². The average Bonchev–Trinajstić information content (AvgIpc) is 2.48. The highest BCUT2D eigenvalue weighted by Gasteiger charge is 2.16. The zero-order valence-corrected chi connectivity index (χ0v) is 10.9. The number of rotatable bonds is 4. The number of nitro benzene ring substituents is 1. The molecular formula is C12H11N5O4. The summed E-state index contributed by atoms with van der Waals surface area (Å²) in [6.45, 7) is 0. The van der Waals surface area contributed by atoms with Crippen LogP contribution in [0.4, 0.5) is 17.2 Å². The molecule has 1 heterocycles. The SMILES string of the molecule is CNc1ccc([N+](=O)[O-])cc1C(=O)Nc1ccc(=O)[nH]n1. The minimum absolute atomic E-state index is 0.0969. The Morgan fingerprint density at radius 1 is 1.33 bits per heavy atom. The van der Waals surface area contributed by atoms with Crippen molar-refractivity contribution in [3.63, 3.8) is 0 Å². The van der Waals surface area contributed by atoms with Crippen molar-refractivity contribution < 1.29 is 9.72 Å². The molecule has 2 rings (SSSR count). The number of carbonyl (C=O) groups is 1. The molecule has 9 heteroatoms. The third-order valence-electron chi connectivity index (χ3n) is 2.65. The van der Waals surface area contributed by atoms with Crippen LogP contribution in [0, 0.1) is 10.1 Å². The van der Waals surface area contributed by atoms with E-state index in [1.165, 1.54) is 24.3 Å². The highest BCUT2D eigenvalue weighted by molar-refractivity contribution is 6.08. The lowest BCUT2D eigenvalue weighted by molar-refractivity contribution is -0.384. The highest BCUT2D eigenvalue weighted by atomic mass is 16.6. The van der Waals surface area contributed by atoms with E-state index in [0.717, 1.165) is 6.07 Å². The molecule has 21 heavy (non-hydrogen) atoms. The van der Waals surface area contributed by atoms with Crippen LogP contribution < -0.4 is 16.2 Å². The number of H-pyrrole nitrogens is 1. The predicted octanol–water partition coefficient (Wildman–Crippen LogP) is 0.972. The first kappa shape index (κ1) is 14.2. The summed E-state index contributed by atoms with van der Waals surface area (Å²) in [5.74, 6) is -0.448. The number of hydrogen-bond donors (Lipinski definition) is 3. The first-order valence-electron chi connectivity index (χ1n) is 5.84. The number of aromatic nitrogens is 2. The molecule has 0 aliphatic carbocycles. The third kappa shape index (κ3) is 3.21. The van der Waals surface area contributed by atoms with E-state index in [2.05, 4.69) is 20.8 Å². The zero-order valence-electron chi connectivity index (χ0n) is 10.9. The first-order chi connectivity index (χ1) is 10.0. The van der Waals surface area contributed by atoms with Crippen LogP contribution in [0.5, 0.6) is 0 Å². The van der Waals surface area contributed by atoms with Gasteiger partial charge in [0.15, 0.2) is 5.82 Å². The lowest BCUT2D eigenvalue weighted by Gasteiger charge is -2.09. The Hall–Kier alpha value is -3.23. The quantitative estimate of drug-likeness (QED) is 0.568. The maximum Gasteiger partial charge on any atom is 0.270 e. The second kappa shape index (κ2) is 5.82. The van der Waals surface area contributed by atoms with Crippen LogP contribution in [0.2, 0.25) is 0 Å². The van der Waals surface area contributed by atoms with Crippen LogP contribution >= 0.6 is 0 Å². The van der Waals surface area contributed by atoms with Crippen molar-refractivity contribution in [1.29, 1.82) is 0 Å². The molecule has 0 aliphatic heterocycles. The number of anilines is 2. The van der Waals surface area contributed by atoms with Crippen molar-refractivity contribution in [3.05, 3.63) is 56.4 Å². The molecule has 1 aromatic heterocycles. The summed E-state index contributed by atoms with van der Waals surface area (Å²) in [6, 6.07) is 6.42. The third-order valence-corrected chi connectivity index (χ3v) is 2.65. The van der Waals surface area contributed by atoms with Gasteiger partial charge in [-0.05, 0) is 12.1 Å². The Bertz CT molecular complexity index is 735. The number of nitrogens with one attached hydrogen (secondary N) is 3. The molecule has 0 bridgehead atoms. The monoisotopic (exact) mass is 289 g/mol. The molecule has 0 aliphatic rings. The first-order valence-corrected chi connectivity index (χ1v) is 5.84.